The minimum absolute atomic E-state index is 0.0129. The summed E-state index contributed by atoms with van der Waals surface area (Å²) in [4.78, 5) is 16.6. The van der Waals surface area contributed by atoms with Crippen molar-refractivity contribution in [1.29, 1.82) is 0 Å². The Labute approximate surface area is 166 Å². The fourth-order valence-electron chi connectivity index (χ4n) is 2.87. The van der Waals surface area contributed by atoms with Crippen LogP contribution in [0.1, 0.15) is 47.8 Å². The van der Waals surface area contributed by atoms with Gasteiger partial charge in [-0.2, -0.15) is 0 Å². The van der Waals surface area contributed by atoms with Crippen LogP contribution in [0.2, 0.25) is 0 Å². The molecule has 0 bridgehead atoms. The molecule has 0 saturated carbocycles. The summed E-state index contributed by atoms with van der Waals surface area (Å²) in [7, 11) is 1.72. The van der Waals surface area contributed by atoms with E-state index in [0.717, 1.165) is 11.3 Å². The summed E-state index contributed by atoms with van der Waals surface area (Å²) in [5.41, 5.74) is 3.63. The van der Waals surface area contributed by atoms with E-state index < -0.39 is 0 Å². The van der Waals surface area contributed by atoms with Crippen molar-refractivity contribution in [2.45, 2.75) is 26.2 Å². The van der Waals surface area contributed by atoms with Crippen molar-refractivity contribution in [2.75, 3.05) is 7.05 Å². The van der Waals surface area contributed by atoms with Gasteiger partial charge in [0.2, 0.25) is 0 Å². The largest absolute Gasteiger partial charge is 0.457 e. The molecule has 0 aliphatic heterocycles. The topological polar surface area (TPSA) is 38.7 Å². The molecule has 0 saturated heterocycles. The molecule has 0 atom stereocenters. The van der Waals surface area contributed by atoms with E-state index >= 15 is 0 Å². The molecule has 3 nitrogen and oxygen atoms in total. The molecule has 0 radical (unpaired) electrons. The van der Waals surface area contributed by atoms with Gasteiger partial charge in [-0.25, -0.2) is 0 Å². The minimum Gasteiger partial charge on any atom is -0.457 e. The zero-order valence-electron chi connectivity index (χ0n) is 16.8. The van der Waals surface area contributed by atoms with Crippen LogP contribution < -0.4 is 4.74 Å². The normalized spacial score (nSPS) is 11.6. The van der Waals surface area contributed by atoms with Crippen molar-refractivity contribution >= 4 is 12.0 Å². The van der Waals surface area contributed by atoms with Crippen molar-refractivity contribution in [2.24, 2.45) is 4.99 Å². The first kappa shape index (κ1) is 19.6. The average Bonchev–Trinajstić information content (AvgIpc) is 2.69. The fraction of sp³-hybridized carbons (Fsp3) is 0.200. The summed E-state index contributed by atoms with van der Waals surface area (Å²) >= 11 is 0. The van der Waals surface area contributed by atoms with Crippen molar-refractivity contribution in [1.82, 2.24) is 0 Å². The lowest BCUT2D eigenvalue weighted by Gasteiger charge is -2.19. The van der Waals surface area contributed by atoms with Gasteiger partial charge in [-0.15, -0.1) is 0 Å². The van der Waals surface area contributed by atoms with Crippen molar-refractivity contribution in [3.8, 4) is 11.5 Å². The Morgan fingerprint density at radius 1 is 0.786 bits per heavy atom. The predicted octanol–water partition coefficient (Wildman–Crippen LogP) is 6.06. The van der Waals surface area contributed by atoms with Crippen molar-refractivity contribution in [3.05, 3.63) is 95.1 Å². The first-order valence-electron chi connectivity index (χ1n) is 9.32. The van der Waals surface area contributed by atoms with Crippen LogP contribution in [0, 0.1) is 0 Å². The average molecular weight is 371 g/mol. The zero-order valence-corrected chi connectivity index (χ0v) is 16.8. The SMILES string of the molecule is C/N=C/c1ccc(C(=O)c2ccc(Oc3ccc(C(C)(C)C)cc3)cc2)cc1. The number of carbonyl (C=O) groups excluding carboxylic acids is 1. The molecule has 0 N–H and O–H groups in total. The van der Waals surface area contributed by atoms with Gasteiger partial charge in [0, 0.05) is 24.4 Å². The molecule has 0 aliphatic carbocycles. The molecule has 0 amide bonds. The Hall–Kier alpha value is -3.20. The predicted molar refractivity (Wildman–Crippen MR) is 115 cm³/mol. The first-order chi connectivity index (χ1) is 13.4. The summed E-state index contributed by atoms with van der Waals surface area (Å²) in [6.07, 6.45) is 1.76. The van der Waals surface area contributed by atoms with E-state index in [-0.39, 0.29) is 11.2 Å². The van der Waals surface area contributed by atoms with Crippen LogP contribution in [0.25, 0.3) is 0 Å². The van der Waals surface area contributed by atoms with Gasteiger partial charge in [-0.05, 0) is 52.9 Å². The number of nitrogens with zero attached hydrogens (tertiary/aromatic N) is 1. The van der Waals surface area contributed by atoms with E-state index in [0.29, 0.717) is 16.9 Å². The molecule has 3 heteroatoms. The summed E-state index contributed by atoms with van der Waals surface area (Å²) < 4.78 is 5.90. The highest BCUT2D eigenvalue weighted by molar-refractivity contribution is 6.09. The minimum atomic E-state index is -0.0129. The number of ketones is 1. The van der Waals surface area contributed by atoms with Crippen LogP contribution in [0.4, 0.5) is 0 Å². The zero-order chi connectivity index (χ0) is 20.1. The Bertz CT molecular complexity index is 961. The molecule has 3 rings (SSSR count). The van der Waals surface area contributed by atoms with Gasteiger partial charge in [0.25, 0.3) is 0 Å². The maximum absolute atomic E-state index is 12.6. The molecule has 0 heterocycles. The Morgan fingerprint density at radius 2 is 1.25 bits per heavy atom. The molecular weight excluding hydrogens is 346 g/mol. The summed E-state index contributed by atoms with van der Waals surface area (Å²) in [6, 6.07) is 22.8. The molecule has 0 spiro atoms. The van der Waals surface area contributed by atoms with Crippen LogP contribution in [0.5, 0.6) is 11.5 Å². The third-order valence-corrected chi connectivity index (χ3v) is 4.52. The van der Waals surface area contributed by atoms with Crippen molar-refractivity contribution in [3.63, 3.8) is 0 Å². The van der Waals surface area contributed by atoms with Crippen LogP contribution >= 0.6 is 0 Å². The second-order valence-corrected chi connectivity index (χ2v) is 7.74. The van der Waals surface area contributed by atoms with Gasteiger partial charge >= 0.3 is 0 Å². The smallest absolute Gasteiger partial charge is 0.193 e. The number of hydrogen-bond donors (Lipinski definition) is 0. The van der Waals surface area contributed by atoms with E-state index in [9.17, 15) is 4.79 Å². The van der Waals surface area contributed by atoms with Gasteiger partial charge in [0.15, 0.2) is 5.78 Å². The van der Waals surface area contributed by atoms with Gasteiger partial charge in [-0.3, -0.25) is 9.79 Å². The van der Waals surface area contributed by atoms with Crippen LogP contribution in [-0.4, -0.2) is 19.0 Å². The summed E-state index contributed by atoms with van der Waals surface area (Å²) in [6.45, 7) is 6.55. The molecule has 0 fully saturated rings. The number of rotatable bonds is 5. The highest BCUT2D eigenvalue weighted by atomic mass is 16.5. The Balaban J connectivity index is 1.70. The van der Waals surface area contributed by atoms with Gasteiger partial charge < -0.3 is 4.74 Å². The van der Waals surface area contributed by atoms with Gasteiger partial charge in [-0.1, -0.05) is 57.2 Å². The van der Waals surface area contributed by atoms with Crippen molar-refractivity contribution < 1.29 is 9.53 Å². The molecular formula is C25H25NO2. The first-order valence-corrected chi connectivity index (χ1v) is 9.32. The lowest BCUT2D eigenvalue weighted by molar-refractivity contribution is 0.103. The maximum Gasteiger partial charge on any atom is 0.193 e. The molecule has 0 unspecified atom stereocenters. The Kier molecular flexibility index (Phi) is 5.74. The van der Waals surface area contributed by atoms with Crippen LogP contribution in [0.15, 0.2) is 77.8 Å². The van der Waals surface area contributed by atoms with Gasteiger partial charge in [0.1, 0.15) is 11.5 Å². The lowest BCUT2D eigenvalue weighted by Crippen LogP contribution is -2.10. The monoisotopic (exact) mass is 371 g/mol. The van der Waals surface area contributed by atoms with Gasteiger partial charge in [0.05, 0.1) is 0 Å². The molecule has 0 aromatic heterocycles. The highest BCUT2D eigenvalue weighted by Gasteiger charge is 2.13. The van der Waals surface area contributed by atoms with E-state index in [1.165, 1.54) is 5.56 Å². The summed E-state index contributed by atoms with van der Waals surface area (Å²) in [5.74, 6) is 1.47. The van der Waals surface area contributed by atoms with E-state index in [1.807, 2.05) is 48.5 Å². The molecule has 0 aliphatic rings. The third kappa shape index (κ3) is 4.74. The quantitative estimate of drug-likeness (QED) is 0.404. The molecule has 28 heavy (non-hydrogen) atoms. The highest BCUT2D eigenvalue weighted by Crippen LogP contribution is 2.27. The number of aliphatic imine (C=N–C) groups is 1. The number of carbonyl (C=O) groups is 1. The number of benzene rings is 3. The molecule has 3 aromatic rings. The van der Waals surface area contributed by atoms with Crippen LogP contribution in [-0.2, 0) is 5.41 Å². The molecule has 142 valence electrons. The lowest BCUT2D eigenvalue weighted by atomic mass is 9.87. The summed E-state index contributed by atoms with van der Waals surface area (Å²) in [5, 5.41) is 0. The van der Waals surface area contributed by atoms with E-state index in [1.54, 1.807) is 25.4 Å². The second-order valence-electron chi connectivity index (χ2n) is 7.74. The van der Waals surface area contributed by atoms with Crippen LogP contribution in [0.3, 0.4) is 0 Å². The molecule has 3 aromatic carbocycles. The number of ether oxygens (including phenoxy) is 1. The van der Waals surface area contributed by atoms with E-state index in [2.05, 4.69) is 37.9 Å². The third-order valence-electron chi connectivity index (χ3n) is 4.52. The second kappa shape index (κ2) is 8.22. The van der Waals surface area contributed by atoms with E-state index in [4.69, 9.17) is 4.74 Å². The number of hydrogen-bond acceptors (Lipinski definition) is 3. The standard InChI is InChI=1S/C25H25NO2/c1-25(2,3)21-11-15-23(16-12-21)28-22-13-9-20(10-14-22)24(27)19-7-5-18(6-8-19)17-26-4/h5-17H,1-4H3/b26-17+. The Morgan fingerprint density at radius 3 is 1.71 bits per heavy atom. The maximum atomic E-state index is 12.6. The fourth-order valence-corrected chi connectivity index (χ4v) is 2.87.